The maximum Gasteiger partial charge on any atom is 0.377 e. The minimum absolute atomic E-state index is 0.0572. The van der Waals surface area contributed by atoms with Crippen molar-refractivity contribution in [3.05, 3.63) is 23.3 Å². The number of hydrogen-bond acceptors (Lipinski definition) is 4. The quantitative estimate of drug-likeness (QED) is 0.643. The van der Waals surface area contributed by atoms with E-state index in [0.29, 0.717) is 0 Å². The molecule has 0 saturated heterocycles. The molecule has 1 N–H and O–H groups in total. The number of aliphatic carboxylic acids is 1. The van der Waals surface area contributed by atoms with Gasteiger partial charge in [0.25, 0.3) is 5.78 Å². The molecule has 0 radical (unpaired) electrons. The van der Waals surface area contributed by atoms with Crippen LogP contribution in [0, 0.1) is 0 Å². The Morgan fingerprint density at radius 3 is 2.71 bits per heavy atom. The van der Waals surface area contributed by atoms with E-state index in [4.69, 9.17) is 14.6 Å². The summed E-state index contributed by atoms with van der Waals surface area (Å²) in [4.78, 5) is 22.1. The van der Waals surface area contributed by atoms with Crippen LogP contribution in [0.15, 0.2) is 12.1 Å². The number of carboxylic acid groups (broad SMARTS) is 1. The van der Waals surface area contributed by atoms with Crippen molar-refractivity contribution in [1.82, 2.24) is 0 Å². The third-order valence-electron chi connectivity index (χ3n) is 2.39. The van der Waals surface area contributed by atoms with Crippen LogP contribution in [0.5, 0.6) is 11.5 Å². The number of hydrogen-bond donors (Lipinski definition) is 1. The highest BCUT2D eigenvalue weighted by Crippen LogP contribution is 2.39. The molecule has 0 fully saturated rings. The van der Waals surface area contributed by atoms with E-state index in [1.807, 2.05) is 0 Å². The van der Waals surface area contributed by atoms with Crippen LogP contribution in [0.1, 0.15) is 29.0 Å². The van der Waals surface area contributed by atoms with Crippen molar-refractivity contribution in [1.29, 1.82) is 0 Å². The number of ether oxygens (including phenoxy) is 2. The van der Waals surface area contributed by atoms with Crippen LogP contribution in [0.4, 0.5) is 4.39 Å². The number of fused-ring (bicyclic) bond motifs is 1. The summed E-state index contributed by atoms with van der Waals surface area (Å²) in [6.45, 7) is 1.17. The van der Waals surface area contributed by atoms with E-state index in [0.717, 1.165) is 0 Å². The average Bonchev–Trinajstić information content (AvgIpc) is 2.74. The fourth-order valence-electron chi connectivity index (χ4n) is 1.55. The molecule has 1 unspecified atom stereocenters. The molecule has 1 heterocycles. The lowest BCUT2D eigenvalue weighted by Gasteiger charge is -2.07. The van der Waals surface area contributed by atoms with Crippen molar-refractivity contribution in [2.45, 2.75) is 13.1 Å². The molecule has 2 rings (SSSR count). The van der Waals surface area contributed by atoms with Crippen LogP contribution in [0.25, 0.3) is 0 Å². The van der Waals surface area contributed by atoms with E-state index in [9.17, 15) is 14.0 Å². The lowest BCUT2D eigenvalue weighted by atomic mass is 10.0. The molecule has 1 aliphatic rings. The Labute approximate surface area is 95.8 Å². The summed E-state index contributed by atoms with van der Waals surface area (Å²) in [6, 6.07) is 2.57. The van der Waals surface area contributed by atoms with Gasteiger partial charge in [-0.15, -0.1) is 0 Å². The molecule has 0 amide bonds. The lowest BCUT2D eigenvalue weighted by Crippen LogP contribution is -2.14. The molecule has 1 aromatic rings. The summed E-state index contributed by atoms with van der Waals surface area (Å²) >= 11 is 0. The minimum Gasteiger partial charge on any atom is -0.475 e. The normalized spacial score (nSPS) is 14.5. The second-order valence-corrected chi connectivity index (χ2v) is 3.55. The van der Waals surface area contributed by atoms with Crippen molar-refractivity contribution in [2.24, 2.45) is 0 Å². The van der Waals surface area contributed by atoms with Gasteiger partial charge < -0.3 is 14.6 Å². The molecule has 6 heteroatoms. The fraction of sp³-hybridized carbons (Fsp3) is 0.273. The molecular formula is C11H9FO5. The van der Waals surface area contributed by atoms with Crippen molar-refractivity contribution in [3.63, 3.8) is 0 Å². The largest absolute Gasteiger partial charge is 0.475 e. The third-order valence-corrected chi connectivity index (χ3v) is 2.39. The van der Waals surface area contributed by atoms with Gasteiger partial charge in [0, 0.05) is 0 Å². The van der Waals surface area contributed by atoms with Crippen LogP contribution >= 0.6 is 0 Å². The second-order valence-electron chi connectivity index (χ2n) is 3.55. The van der Waals surface area contributed by atoms with Gasteiger partial charge in [0.15, 0.2) is 11.5 Å². The molecule has 17 heavy (non-hydrogen) atoms. The zero-order valence-electron chi connectivity index (χ0n) is 8.90. The number of Topliss-reactive ketones (excluding diaryl/α,β-unsaturated/α-hetero) is 1. The Bertz CT molecular complexity index is 495. The van der Waals surface area contributed by atoms with Crippen LogP contribution in [0.3, 0.4) is 0 Å². The van der Waals surface area contributed by atoms with Gasteiger partial charge in [0.1, 0.15) is 6.17 Å². The first-order valence-corrected chi connectivity index (χ1v) is 4.86. The highest BCUT2D eigenvalue weighted by atomic mass is 19.1. The maximum absolute atomic E-state index is 13.2. The van der Waals surface area contributed by atoms with Gasteiger partial charge in [-0.2, -0.15) is 0 Å². The number of benzene rings is 1. The van der Waals surface area contributed by atoms with E-state index in [1.54, 1.807) is 0 Å². The summed E-state index contributed by atoms with van der Waals surface area (Å²) in [6.07, 6.45) is -1.33. The fourth-order valence-corrected chi connectivity index (χ4v) is 1.55. The first kappa shape index (κ1) is 11.4. The van der Waals surface area contributed by atoms with E-state index in [1.165, 1.54) is 19.1 Å². The molecule has 1 atom stereocenters. The molecule has 90 valence electrons. The molecule has 0 bridgehead atoms. The highest BCUT2D eigenvalue weighted by molar-refractivity contribution is 6.40. The summed E-state index contributed by atoms with van der Waals surface area (Å²) in [7, 11) is 0. The van der Waals surface area contributed by atoms with E-state index < -0.39 is 17.9 Å². The van der Waals surface area contributed by atoms with Crippen molar-refractivity contribution in [2.75, 3.05) is 6.79 Å². The molecule has 5 nitrogen and oxygen atoms in total. The predicted octanol–water partition coefficient (Wildman–Crippen LogP) is 1.71. The summed E-state index contributed by atoms with van der Waals surface area (Å²) < 4.78 is 23.2. The van der Waals surface area contributed by atoms with Crippen LogP contribution in [-0.4, -0.2) is 23.7 Å². The smallest absolute Gasteiger partial charge is 0.377 e. The number of rotatable bonds is 3. The summed E-state index contributed by atoms with van der Waals surface area (Å²) in [5.74, 6) is -2.51. The number of carbonyl (C=O) groups is 2. The average molecular weight is 240 g/mol. The molecule has 1 aromatic carbocycles. The van der Waals surface area contributed by atoms with Crippen LogP contribution in [0.2, 0.25) is 0 Å². The Morgan fingerprint density at radius 1 is 1.41 bits per heavy atom. The second kappa shape index (κ2) is 4.04. The van der Waals surface area contributed by atoms with Gasteiger partial charge in [-0.3, -0.25) is 4.79 Å². The molecule has 0 spiro atoms. The lowest BCUT2D eigenvalue weighted by molar-refractivity contribution is -0.131. The first-order chi connectivity index (χ1) is 8.00. The molecule has 1 aliphatic heterocycles. The Kier molecular flexibility index (Phi) is 2.71. The molecule has 0 aromatic heterocycles. The van der Waals surface area contributed by atoms with Crippen LogP contribution < -0.4 is 9.47 Å². The number of carboxylic acids is 1. The number of ketones is 1. The number of alkyl halides is 1. The third kappa shape index (κ3) is 1.93. The van der Waals surface area contributed by atoms with E-state index >= 15 is 0 Å². The Hall–Kier alpha value is -2.11. The van der Waals surface area contributed by atoms with Gasteiger partial charge in [0.05, 0.1) is 5.56 Å². The molecular weight excluding hydrogens is 231 g/mol. The first-order valence-electron chi connectivity index (χ1n) is 4.86. The van der Waals surface area contributed by atoms with Crippen molar-refractivity contribution < 1.29 is 28.6 Å². The molecule has 0 saturated carbocycles. The molecule has 0 aliphatic carbocycles. The van der Waals surface area contributed by atoms with Gasteiger partial charge in [-0.25, -0.2) is 9.18 Å². The van der Waals surface area contributed by atoms with E-state index in [2.05, 4.69) is 0 Å². The van der Waals surface area contributed by atoms with Crippen molar-refractivity contribution in [3.8, 4) is 11.5 Å². The Balaban J connectivity index is 2.57. The predicted molar refractivity (Wildman–Crippen MR) is 54.1 cm³/mol. The van der Waals surface area contributed by atoms with Gasteiger partial charge in [0.2, 0.25) is 6.79 Å². The summed E-state index contributed by atoms with van der Waals surface area (Å²) in [5.41, 5.74) is -0.00847. The number of halogens is 1. The van der Waals surface area contributed by atoms with E-state index in [-0.39, 0.29) is 29.4 Å². The topological polar surface area (TPSA) is 72.8 Å². The van der Waals surface area contributed by atoms with Gasteiger partial charge >= 0.3 is 5.97 Å². The highest BCUT2D eigenvalue weighted by Gasteiger charge is 2.27. The van der Waals surface area contributed by atoms with Crippen LogP contribution in [-0.2, 0) is 4.79 Å². The summed E-state index contributed by atoms with van der Waals surface area (Å²) in [5, 5.41) is 8.66. The zero-order chi connectivity index (χ0) is 12.6. The van der Waals surface area contributed by atoms with Gasteiger partial charge in [-0.1, -0.05) is 0 Å². The maximum atomic E-state index is 13.2. The SMILES string of the molecule is CC(F)c1cc2c(c(C(=O)C(=O)O)c1)OCO2. The standard InChI is InChI=1S/C11H9FO5/c1-5(12)6-2-7(9(13)11(14)15)10-8(3-6)16-4-17-10/h2-3,5H,4H2,1H3,(H,14,15). The van der Waals surface area contributed by atoms with Gasteiger partial charge in [-0.05, 0) is 24.6 Å². The zero-order valence-corrected chi connectivity index (χ0v) is 8.90. The van der Waals surface area contributed by atoms with Crippen molar-refractivity contribution >= 4 is 11.8 Å². The minimum atomic E-state index is -1.62. The monoisotopic (exact) mass is 240 g/mol. The number of carbonyl (C=O) groups excluding carboxylic acids is 1. The Morgan fingerprint density at radius 2 is 2.12 bits per heavy atom.